The Bertz CT molecular complexity index is 437. The van der Waals surface area contributed by atoms with Crippen LogP contribution in [0.5, 0.6) is 0 Å². The highest BCUT2D eigenvalue weighted by molar-refractivity contribution is 5.79. The van der Waals surface area contributed by atoms with Gasteiger partial charge in [0.25, 0.3) is 0 Å². The normalized spacial score (nSPS) is 19.8. The Morgan fingerprint density at radius 3 is 2.95 bits per heavy atom. The molecule has 1 aliphatic heterocycles. The molecule has 2 rings (SSSR count). The van der Waals surface area contributed by atoms with Crippen LogP contribution in [0.1, 0.15) is 18.9 Å². The summed E-state index contributed by atoms with van der Waals surface area (Å²) < 4.78 is 5.31. The molecule has 0 unspecified atom stereocenters. The van der Waals surface area contributed by atoms with Gasteiger partial charge in [0.2, 0.25) is 11.9 Å². The summed E-state index contributed by atoms with van der Waals surface area (Å²) >= 11 is 0. The molecule has 2 heterocycles. The summed E-state index contributed by atoms with van der Waals surface area (Å²) in [6, 6.07) is 0. The van der Waals surface area contributed by atoms with Gasteiger partial charge < -0.3 is 15.8 Å². The number of ether oxygens (including phenoxy) is 1. The average Bonchev–Trinajstić information content (AvgIpc) is 2.47. The number of amides is 1. The fourth-order valence-electron chi connectivity index (χ4n) is 2.04. The topological polar surface area (TPSA) is 93.4 Å². The maximum absolute atomic E-state index is 11.1. The van der Waals surface area contributed by atoms with Gasteiger partial charge in [-0.05, 0) is 6.42 Å². The quantitative estimate of drug-likeness (QED) is 0.760. The molecule has 3 N–H and O–H groups in total. The van der Waals surface area contributed by atoms with E-state index in [2.05, 4.69) is 27.1 Å². The van der Waals surface area contributed by atoms with Crippen LogP contribution in [0.4, 0.5) is 5.95 Å². The number of primary amides is 1. The van der Waals surface area contributed by atoms with Crippen molar-refractivity contribution in [1.82, 2.24) is 14.9 Å². The molecule has 0 radical (unpaired) electrons. The summed E-state index contributed by atoms with van der Waals surface area (Å²) in [7, 11) is 0. The molecule has 0 aromatic carbocycles. The lowest BCUT2D eigenvalue weighted by atomic mass is 10.2. The lowest BCUT2D eigenvalue weighted by Crippen LogP contribution is -2.47. The molecule has 1 aromatic heterocycles. The van der Waals surface area contributed by atoms with Crippen LogP contribution >= 0.6 is 0 Å². The molecule has 1 amide bonds. The SMILES string of the molecule is CCCNc1ncc(CN2CCO[C@@H](C(N)=O)C2)cn1. The van der Waals surface area contributed by atoms with E-state index in [4.69, 9.17) is 10.5 Å². The molecule has 7 nitrogen and oxygen atoms in total. The first-order valence-corrected chi connectivity index (χ1v) is 6.87. The van der Waals surface area contributed by atoms with Crippen molar-refractivity contribution < 1.29 is 9.53 Å². The molecule has 0 bridgehead atoms. The van der Waals surface area contributed by atoms with Crippen molar-refractivity contribution in [2.45, 2.75) is 26.0 Å². The van der Waals surface area contributed by atoms with E-state index in [1.807, 2.05) is 0 Å². The van der Waals surface area contributed by atoms with E-state index in [1.54, 1.807) is 12.4 Å². The Morgan fingerprint density at radius 1 is 1.55 bits per heavy atom. The van der Waals surface area contributed by atoms with Crippen molar-refractivity contribution in [3.05, 3.63) is 18.0 Å². The summed E-state index contributed by atoms with van der Waals surface area (Å²) in [5.41, 5.74) is 6.28. The zero-order valence-electron chi connectivity index (χ0n) is 11.7. The number of morpholine rings is 1. The lowest BCUT2D eigenvalue weighted by molar-refractivity contribution is -0.135. The third kappa shape index (κ3) is 4.14. The highest BCUT2D eigenvalue weighted by Crippen LogP contribution is 2.10. The van der Waals surface area contributed by atoms with Crippen LogP contribution in [0.25, 0.3) is 0 Å². The number of carbonyl (C=O) groups excluding carboxylic acids is 1. The van der Waals surface area contributed by atoms with Gasteiger partial charge in [0.15, 0.2) is 0 Å². The predicted molar refractivity (Wildman–Crippen MR) is 75.0 cm³/mol. The molecule has 0 aliphatic carbocycles. The van der Waals surface area contributed by atoms with E-state index in [0.717, 1.165) is 25.1 Å². The van der Waals surface area contributed by atoms with Gasteiger partial charge in [-0.15, -0.1) is 0 Å². The van der Waals surface area contributed by atoms with Crippen LogP contribution < -0.4 is 11.1 Å². The van der Waals surface area contributed by atoms with Gasteiger partial charge in [-0.2, -0.15) is 0 Å². The Morgan fingerprint density at radius 2 is 2.30 bits per heavy atom. The summed E-state index contributed by atoms with van der Waals surface area (Å²) in [4.78, 5) is 21.8. The monoisotopic (exact) mass is 279 g/mol. The molecule has 7 heteroatoms. The van der Waals surface area contributed by atoms with E-state index in [1.165, 1.54) is 0 Å². The third-order valence-electron chi connectivity index (χ3n) is 3.11. The van der Waals surface area contributed by atoms with Gasteiger partial charge in [-0.25, -0.2) is 9.97 Å². The lowest BCUT2D eigenvalue weighted by Gasteiger charge is -2.31. The number of anilines is 1. The van der Waals surface area contributed by atoms with Crippen LogP contribution in [-0.4, -0.2) is 53.1 Å². The number of nitrogens with two attached hydrogens (primary N) is 1. The van der Waals surface area contributed by atoms with Crippen molar-refractivity contribution >= 4 is 11.9 Å². The molecular weight excluding hydrogens is 258 g/mol. The van der Waals surface area contributed by atoms with Gasteiger partial charge >= 0.3 is 0 Å². The first-order valence-electron chi connectivity index (χ1n) is 6.87. The summed E-state index contributed by atoms with van der Waals surface area (Å²) in [5, 5.41) is 3.13. The van der Waals surface area contributed by atoms with E-state index < -0.39 is 12.0 Å². The van der Waals surface area contributed by atoms with Crippen molar-refractivity contribution in [2.75, 3.05) is 31.6 Å². The minimum absolute atomic E-state index is 0.412. The molecule has 110 valence electrons. The molecule has 0 spiro atoms. The number of nitrogens with one attached hydrogen (secondary N) is 1. The van der Waals surface area contributed by atoms with Crippen LogP contribution in [0.3, 0.4) is 0 Å². The van der Waals surface area contributed by atoms with Gasteiger partial charge in [0, 0.05) is 44.1 Å². The van der Waals surface area contributed by atoms with Crippen molar-refractivity contribution in [2.24, 2.45) is 5.73 Å². The van der Waals surface area contributed by atoms with E-state index >= 15 is 0 Å². The Balaban J connectivity index is 1.87. The zero-order valence-corrected chi connectivity index (χ0v) is 11.7. The minimum atomic E-state index is -0.518. The molecule has 0 saturated carbocycles. The van der Waals surface area contributed by atoms with Gasteiger partial charge in [-0.3, -0.25) is 9.69 Å². The molecule has 1 aromatic rings. The zero-order chi connectivity index (χ0) is 14.4. The largest absolute Gasteiger partial charge is 0.367 e. The molecule has 1 aliphatic rings. The fraction of sp³-hybridized carbons (Fsp3) is 0.615. The Kier molecular flexibility index (Phi) is 5.25. The maximum Gasteiger partial charge on any atom is 0.247 e. The van der Waals surface area contributed by atoms with Crippen molar-refractivity contribution in [1.29, 1.82) is 0 Å². The second kappa shape index (κ2) is 7.16. The predicted octanol–water partition coefficient (Wildman–Crippen LogP) is -0.0154. The summed E-state index contributed by atoms with van der Waals surface area (Å²) in [5.74, 6) is 0.234. The first kappa shape index (κ1) is 14.7. The van der Waals surface area contributed by atoms with Crippen LogP contribution in [0.15, 0.2) is 12.4 Å². The highest BCUT2D eigenvalue weighted by atomic mass is 16.5. The van der Waals surface area contributed by atoms with E-state index in [0.29, 0.717) is 25.6 Å². The smallest absolute Gasteiger partial charge is 0.247 e. The van der Waals surface area contributed by atoms with Crippen molar-refractivity contribution in [3.8, 4) is 0 Å². The Labute approximate surface area is 118 Å². The Hall–Kier alpha value is -1.73. The van der Waals surface area contributed by atoms with Gasteiger partial charge in [-0.1, -0.05) is 6.92 Å². The van der Waals surface area contributed by atoms with E-state index in [-0.39, 0.29) is 0 Å². The number of nitrogens with zero attached hydrogens (tertiary/aromatic N) is 3. The number of rotatable bonds is 6. The average molecular weight is 279 g/mol. The number of carbonyl (C=O) groups is 1. The van der Waals surface area contributed by atoms with Gasteiger partial charge in [0.05, 0.1) is 6.61 Å². The van der Waals surface area contributed by atoms with Crippen LogP contribution in [0.2, 0.25) is 0 Å². The minimum Gasteiger partial charge on any atom is -0.367 e. The summed E-state index contributed by atoms with van der Waals surface area (Å²) in [6.45, 7) is 5.47. The van der Waals surface area contributed by atoms with Crippen LogP contribution in [0, 0.1) is 0 Å². The number of aromatic nitrogens is 2. The van der Waals surface area contributed by atoms with Crippen LogP contribution in [-0.2, 0) is 16.1 Å². The molecule has 1 saturated heterocycles. The molecular formula is C13H21N5O2. The molecule has 1 atom stereocenters. The van der Waals surface area contributed by atoms with Crippen molar-refractivity contribution in [3.63, 3.8) is 0 Å². The molecule has 20 heavy (non-hydrogen) atoms. The fourth-order valence-corrected chi connectivity index (χ4v) is 2.04. The van der Waals surface area contributed by atoms with Gasteiger partial charge in [0.1, 0.15) is 6.10 Å². The first-order chi connectivity index (χ1) is 9.69. The molecule has 1 fully saturated rings. The highest BCUT2D eigenvalue weighted by Gasteiger charge is 2.24. The number of hydrogen-bond acceptors (Lipinski definition) is 6. The maximum atomic E-state index is 11.1. The second-order valence-corrected chi connectivity index (χ2v) is 4.84. The standard InChI is InChI=1S/C13H21N5O2/c1-2-3-15-13-16-6-10(7-17-13)8-18-4-5-20-11(9-18)12(14)19/h6-7,11H,2-5,8-9H2,1H3,(H2,14,19)(H,15,16,17)/t11-/m1/s1. The number of hydrogen-bond donors (Lipinski definition) is 2. The summed E-state index contributed by atoms with van der Waals surface area (Å²) in [6.07, 6.45) is 4.13. The van der Waals surface area contributed by atoms with E-state index in [9.17, 15) is 4.79 Å². The second-order valence-electron chi connectivity index (χ2n) is 4.84. The third-order valence-corrected chi connectivity index (χ3v) is 3.11.